The number of carbonyl (C=O) groups is 5. The minimum Gasteiger partial charge on any atom is -0.466 e. The van der Waals surface area contributed by atoms with Gasteiger partial charge in [0.25, 0.3) is 0 Å². The van der Waals surface area contributed by atoms with Crippen LogP contribution in [0.5, 0.6) is 0 Å². The smallest absolute Gasteiger partial charge is 0.306 e. The highest BCUT2D eigenvalue weighted by Gasteiger charge is 2.29. The Bertz CT molecular complexity index is 365. The first-order valence-electron chi connectivity index (χ1n) is 7.04. The highest BCUT2D eigenvalue weighted by molar-refractivity contribution is 5.76. The van der Waals surface area contributed by atoms with Crippen molar-refractivity contribution in [2.75, 3.05) is 6.61 Å². The molecule has 0 rings (SSSR count). The lowest BCUT2D eigenvalue weighted by Crippen LogP contribution is -2.28. The Balaban J connectivity index is 4.88. The maximum atomic E-state index is 11.4. The van der Waals surface area contributed by atoms with Crippen molar-refractivity contribution in [2.24, 2.45) is 23.7 Å². The standard InChI is InChI=1S/C15H22O6/c1-3-11(7-16)12(8-17)5-13(9-18)14(10-19)6-15(20)21-4-2/h7-14H,3-6H2,1-2H3. The molecule has 0 aromatic carbocycles. The predicted molar refractivity (Wildman–Crippen MR) is 74.4 cm³/mol. The first-order valence-corrected chi connectivity index (χ1v) is 7.04. The van der Waals surface area contributed by atoms with Crippen LogP contribution in [0.4, 0.5) is 0 Å². The maximum Gasteiger partial charge on any atom is 0.306 e. The zero-order chi connectivity index (χ0) is 16.3. The fourth-order valence-corrected chi connectivity index (χ4v) is 2.19. The van der Waals surface area contributed by atoms with E-state index < -0.39 is 29.6 Å². The van der Waals surface area contributed by atoms with E-state index in [0.717, 1.165) is 0 Å². The Morgan fingerprint density at radius 1 is 0.857 bits per heavy atom. The summed E-state index contributed by atoms with van der Waals surface area (Å²) in [6.45, 7) is 3.60. The van der Waals surface area contributed by atoms with Crippen molar-refractivity contribution in [3.63, 3.8) is 0 Å². The van der Waals surface area contributed by atoms with Crippen molar-refractivity contribution < 1.29 is 28.7 Å². The van der Waals surface area contributed by atoms with Gasteiger partial charge in [-0.2, -0.15) is 0 Å². The van der Waals surface area contributed by atoms with Gasteiger partial charge in [0.1, 0.15) is 25.1 Å². The van der Waals surface area contributed by atoms with Crippen LogP contribution in [0.25, 0.3) is 0 Å². The normalized spacial score (nSPS) is 16.1. The molecule has 0 saturated heterocycles. The summed E-state index contributed by atoms with van der Waals surface area (Å²) in [7, 11) is 0. The quantitative estimate of drug-likeness (QED) is 0.394. The molecule has 4 unspecified atom stereocenters. The topological polar surface area (TPSA) is 94.6 Å². The Labute approximate surface area is 124 Å². The molecule has 0 aliphatic carbocycles. The first kappa shape index (κ1) is 19.1. The van der Waals surface area contributed by atoms with Crippen LogP contribution in [0.3, 0.4) is 0 Å². The molecule has 0 aliphatic rings. The van der Waals surface area contributed by atoms with E-state index in [9.17, 15) is 24.0 Å². The van der Waals surface area contributed by atoms with Crippen molar-refractivity contribution >= 4 is 31.1 Å². The van der Waals surface area contributed by atoms with Gasteiger partial charge in [0.15, 0.2) is 0 Å². The molecule has 0 aliphatic heterocycles. The van der Waals surface area contributed by atoms with Crippen LogP contribution in [-0.2, 0) is 28.7 Å². The van der Waals surface area contributed by atoms with Crippen LogP contribution in [0.2, 0.25) is 0 Å². The molecule has 0 radical (unpaired) electrons. The molecule has 21 heavy (non-hydrogen) atoms. The Kier molecular flexibility index (Phi) is 9.92. The predicted octanol–water partition coefficient (Wildman–Crippen LogP) is 1.00. The van der Waals surface area contributed by atoms with Crippen molar-refractivity contribution in [3.05, 3.63) is 0 Å². The minimum absolute atomic E-state index is 0.0764. The van der Waals surface area contributed by atoms with Gasteiger partial charge in [-0.15, -0.1) is 0 Å². The van der Waals surface area contributed by atoms with Crippen LogP contribution in [0.15, 0.2) is 0 Å². The summed E-state index contributed by atoms with van der Waals surface area (Å²) in [5.74, 6) is -3.30. The van der Waals surface area contributed by atoms with E-state index in [0.29, 0.717) is 31.6 Å². The molecule has 6 heteroatoms. The van der Waals surface area contributed by atoms with Gasteiger partial charge in [0.2, 0.25) is 0 Å². The third-order valence-corrected chi connectivity index (χ3v) is 3.52. The first-order chi connectivity index (χ1) is 10.1. The van der Waals surface area contributed by atoms with Gasteiger partial charge in [0, 0.05) is 23.7 Å². The number of carbonyl (C=O) groups excluding carboxylic acids is 5. The monoisotopic (exact) mass is 298 g/mol. The molecule has 0 aromatic rings. The van der Waals surface area contributed by atoms with E-state index in [-0.39, 0.29) is 19.4 Å². The van der Waals surface area contributed by atoms with Crippen molar-refractivity contribution in [3.8, 4) is 0 Å². The summed E-state index contributed by atoms with van der Waals surface area (Å²) >= 11 is 0. The second-order valence-corrected chi connectivity index (χ2v) is 4.85. The van der Waals surface area contributed by atoms with Crippen LogP contribution in [-0.4, -0.2) is 37.7 Å². The number of hydrogen-bond acceptors (Lipinski definition) is 6. The van der Waals surface area contributed by atoms with Crippen molar-refractivity contribution in [1.29, 1.82) is 0 Å². The van der Waals surface area contributed by atoms with E-state index in [4.69, 9.17) is 4.74 Å². The van der Waals surface area contributed by atoms with Crippen LogP contribution < -0.4 is 0 Å². The molecular formula is C15H22O6. The molecule has 0 fully saturated rings. The Morgan fingerprint density at radius 3 is 1.71 bits per heavy atom. The van der Waals surface area contributed by atoms with Gasteiger partial charge in [-0.05, 0) is 19.8 Å². The SMILES string of the molecule is CCOC(=O)CC(C=O)C(C=O)CC(C=O)C(C=O)CC. The lowest BCUT2D eigenvalue weighted by atomic mass is 9.79. The summed E-state index contributed by atoms with van der Waals surface area (Å²) in [6, 6.07) is 0. The second-order valence-electron chi connectivity index (χ2n) is 4.85. The van der Waals surface area contributed by atoms with Gasteiger partial charge < -0.3 is 23.9 Å². The van der Waals surface area contributed by atoms with E-state index in [1.165, 1.54) is 0 Å². The second kappa shape index (κ2) is 10.9. The minimum atomic E-state index is -0.840. The summed E-state index contributed by atoms with van der Waals surface area (Å²) in [4.78, 5) is 55.7. The van der Waals surface area contributed by atoms with Crippen molar-refractivity contribution in [1.82, 2.24) is 0 Å². The third kappa shape index (κ3) is 6.42. The van der Waals surface area contributed by atoms with Gasteiger partial charge in [0.05, 0.1) is 13.0 Å². The van der Waals surface area contributed by atoms with Gasteiger partial charge >= 0.3 is 5.97 Å². The molecule has 6 nitrogen and oxygen atoms in total. The molecule has 0 bridgehead atoms. The van der Waals surface area contributed by atoms with E-state index in [2.05, 4.69) is 0 Å². The fourth-order valence-electron chi connectivity index (χ4n) is 2.19. The van der Waals surface area contributed by atoms with E-state index in [1.807, 2.05) is 0 Å². The fraction of sp³-hybridized carbons (Fsp3) is 0.667. The van der Waals surface area contributed by atoms with Gasteiger partial charge in [-0.3, -0.25) is 4.79 Å². The van der Waals surface area contributed by atoms with Crippen LogP contribution in [0, 0.1) is 23.7 Å². The Hall–Kier alpha value is -1.85. The molecule has 0 spiro atoms. The molecule has 0 aromatic heterocycles. The molecule has 0 heterocycles. The number of hydrogen-bond donors (Lipinski definition) is 0. The van der Waals surface area contributed by atoms with Crippen molar-refractivity contribution in [2.45, 2.75) is 33.1 Å². The maximum absolute atomic E-state index is 11.4. The molecule has 0 N–H and O–H groups in total. The molecular weight excluding hydrogens is 276 g/mol. The van der Waals surface area contributed by atoms with E-state index >= 15 is 0 Å². The highest BCUT2D eigenvalue weighted by atomic mass is 16.5. The number of rotatable bonds is 12. The van der Waals surface area contributed by atoms with E-state index in [1.54, 1.807) is 13.8 Å². The summed E-state index contributed by atoms with van der Waals surface area (Å²) in [6.07, 6.45) is 2.75. The lowest BCUT2D eigenvalue weighted by molar-refractivity contribution is -0.146. The number of ether oxygens (including phenoxy) is 1. The summed E-state index contributed by atoms with van der Waals surface area (Å²) in [5.41, 5.74) is 0. The third-order valence-electron chi connectivity index (χ3n) is 3.52. The summed E-state index contributed by atoms with van der Waals surface area (Å²) in [5, 5.41) is 0. The molecule has 4 atom stereocenters. The largest absolute Gasteiger partial charge is 0.466 e. The van der Waals surface area contributed by atoms with Crippen LogP contribution >= 0.6 is 0 Å². The zero-order valence-corrected chi connectivity index (χ0v) is 12.4. The highest BCUT2D eigenvalue weighted by Crippen LogP contribution is 2.25. The Morgan fingerprint density at radius 2 is 1.33 bits per heavy atom. The number of aldehydes is 4. The average molecular weight is 298 g/mol. The average Bonchev–Trinajstić information content (AvgIpc) is 2.49. The zero-order valence-electron chi connectivity index (χ0n) is 12.4. The number of esters is 1. The lowest BCUT2D eigenvalue weighted by Gasteiger charge is -2.22. The van der Waals surface area contributed by atoms with Crippen LogP contribution in [0.1, 0.15) is 33.1 Å². The molecule has 118 valence electrons. The molecule has 0 amide bonds. The van der Waals surface area contributed by atoms with Gasteiger partial charge in [-0.1, -0.05) is 6.92 Å². The van der Waals surface area contributed by atoms with Gasteiger partial charge in [-0.25, -0.2) is 0 Å². The molecule has 0 saturated carbocycles. The summed E-state index contributed by atoms with van der Waals surface area (Å²) < 4.78 is 4.75.